The first-order valence-electron chi connectivity index (χ1n) is 11.5. The van der Waals surface area contributed by atoms with Crippen LogP contribution in [0.2, 0.25) is 5.02 Å². The fraction of sp³-hybridized carbons (Fsp3) is 0.250. The maximum Gasteiger partial charge on any atom is 0.336 e. The molecule has 5 rings (SSSR count). The highest BCUT2D eigenvalue weighted by Gasteiger charge is 2.42. The topological polar surface area (TPSA) is 94.8 Å². The van der Waals surface area contributed by atoms with Gasteiger partial charge in [-0.2, -0.15) is 0 Å². The van der Waals surface area contributed by atoms with E-state index in [1.807, 2.05) is 24.3 Å². The Kier molecular flexibility index (Phi) is 6.18. The van der Waals surface area contributed by atoms with Crippen LogP contribution in [-0.2, 0) is 14.3 Å². The minimum Gasteiger partial charge on any atom is -0.497 e. The highest BCUT2D eigenvalue weighted by atomic mass is 35.5. The molecule has 184 valence electrons. The van der Waals surface area contributed by atoms with Gasteiger partial charge in [0.1, 0.15) is 11.3 Å². The molecule has 0 spiro atoms. The van der Waals surface area contributed by atoms with Crippen LogP contribution in [0.15, 0.2) is 80.5 Å². The SMILES string of the molecule is COC(=O)C1=C(C)NC2=C(C(=O)CC(c3cccc(OC)c3)C2)C1c1coc2ccc(Cl)cc2c1=O. The molecule has 0 saturated heterocycles. The van der Waals surface area contributed by atoms with Crippen molar-refractivity contribution >= 4 is 34.3 Å². The highest BCUT2D eigenvalue weighted by molar-refractivity contribution is 6.31. The molecule has 0 amide bonds. The summed E-state index contributed by atoms with van der Waals surface area (Å²) < 4.78 is 16.2. The number of fused-ring (bicyclic) bond motifs is 1. The van der Waals surface area contributed by atoms with E-state index >= 15 is 0 Å². The van der Waals surface area contributed by atoms with Crippen LogP contribution in [0.1, 0.15) is 42.7 Å². The first-order chi connectivity index (χ1) is 17.3. The molecule has 36 heavy (non-hydrogen) atoms. The summed E-state index contributed by atoms with van der Waals surface area (Å²) in [6.45, 7) is 1.74. The maximum absolute atomic E-state index is 13.7. The van der Waals surface area contributed by atoms with Gasteiger partial charge in [-0.05, 0) is 55.2 Å². The van der Waals surface area contributed by atoms with Crippen LogP contribution in [0.4, 0.5) is 0 Å². The number of ether oxygens (including phenoxy) is 2. The molecule has 1 aliphatic carbocycles. The third kappa shape index (κ3) is 3.99. The van der Waals surface area contributed by atoms with Crippen LogP contribution in [0, 0.1) is 0 Å². The van der Waals surface area contributed by atoms with Crippen molar-refractivity contribution in [1.82, 2.24) is 5.32 Å². The second-order valence-corrected chi connectivity index (χ2v) is 9.38. The number of esters is 1. The number of benzene rings is 2. The predicted octanol–water partition coefficient (Wildman–Crippen LogP) is 4.99. The summed E-state index contributed by atoms with van der Waals surface area (Å²) in [5, 5.41) is 3.92. The molecule has 1 aromatic heterocycles. The smallest absolute Gasteiger partial charge is 0.336 e. The molecule has 7 nitrogen and oxygen atoms in total. The van der Waals surface area contributed by atoms with E-state index in [-0.39, 0.29) is 40.1 Å². The van der Waals surface area contributed by atoms with Gasteiger partial charge in [0.15, 0.2) is 11.2 Å². The molecular weight excluding hydrogens is 482 g/mol. The van der Waals surface area contributed by atoms with Gasteiger partial charge in [0.25, 0.3) is 0 Å². The Morgan fingerprint density at radius 3 is 2.67 bits per heavy atom. The summed E-state index contributed by atoms with van der Waals surface area (Å²) in [7, 11) is 2.87. The van der Waals surface area contributed by atoms with E-state index in [9.17, 15) is 14.4 Å². The van der Waals surface area contributed by atoms with Crippen molar-refractivity contribution in [2.75, 3.05) is 14.2 Å². The van der Waals surface area contributed by atoms with Crippen molar-refractivity contribution in [1.29, 1.82) is 0 Å². The number of methoxy groups -OCH3 is 2. The average molecular weight is 506 g/mol. The zero-order valence-electron chi connectivity index (χ0n) is 20.0. The summed E-state index contributed by atoms with van der Waals surface area (Å²) in [5.41, 5.74) is 2.97. The van der Waals surface area contributed by atoms with Crippen molar-refractivity contribution in [2.45, 2.75) is 31.6 Å². The summed E-state index contributed by atoms with van der Waals surface area (Å²) in [6, 6.07) is 12.4. The molecule has 3 aromatic rings. The number of carbonyl (C=O) groups is 2. The van der Waals surface area contributed by atoms with Gasteiger partial charge in [0.05, 0.1) is 37.4 Å². The molecule has 2 unspecified atom stereocenters. The Morgan fingerprint density at radius 1 is 1.11 bits per heavy atom. The number of rotatable bonds is 4. The van der Waals surface area contributed by atoms with E-state index in [1.54, 1.807) is 26.2 Å². The Labute approximate surface area is 212 Å². The van der Waals surface area contributed by atoms with Crippen LogP contribution in [0.25, 0.3) is 11.0 Å². The van der Waals surface area contributed by atoms with Crippen LogP contribution in [0.5, 0.6) is 5.75 Å². The van der Waals surface area contributed by atoms with Crippen molar-refractivity contribution in [3.05, 3.63) is 97.6 Å². The van der Waals surface area contributed by atoms with E-state index in [2.05, 4.69) is 5.32 Å². The van der Waals surface area contributed by atoms with Gasteiger partial charge in [-0.25, -0.2) is 4.79 Å². The first-order valence-corrected chi connectivity index (χ1v) is 11.9. The molecule has 2 aromatic carbocycles. The third-order valence-electron chi connectivity index (χ3n) is 6.87. The van der Waals surface area contributed by atoms with Gasteiger partial charge in [0, 0.05) is 34.0 Å². The molecule has 1 N–H and O–H groups in total. The van der Waals surface area contributed by atoms with Crippen LogP contribution in [0.3, 0.4) is 0 Å². The Hall–Kier alpha value is -3.84. The number of ketones is 1. The normalized spacial score (nSPS) is 19.7. The lowest BCUT2D eigenvalue weighted by molar-refractivity contribution is -0.136. The van der Waals surface area contributed by atoms with Crippen molar-refractivity contribution in [3.63, 3.8) is 0 Å². The molecular formula is C28H24ClNO6. The molecule has 2 aliphatic rings. The lowest BCUT2D eigenvalue weighted by Gasteiger charge is -2.36. The lowest BCUT2D eigenvalue weighted by Crippen LogP contribution is -2.37. The van der Waals surface area contributed by atoms with Gasteiger partial charge < -0.3 is 19.2 Å². The van der Waals surface area contributed by atoms with E-state index < -0.39 is 11.9 Å². The number of allylic oxidation sites excluding steroid dienone is 3. The molecule has 2 heterocycles. The fourth-order valence-electron chi connectivity index (χ4n) is 5.18. The summed E-state index contributed by atoms with van der Waals surface area (Å²) in [5.74, 6) is -1.07. The molecule has 8 heteroatoms. The van der Waals surface area contributed by atoms with E-state index in [0.29, 0.717) is 39.7 Å². The molecule has 1 aliphatic heterocycles. The van der Waals surface area contributed by atoms with Crippen molar-refractivity contribution in [2.24, 2.45) is 0 Å². The zero-order valence-corrected chi connectivity index (χ0v) is 20.8. The van der Waals surface area contributed by atoms with Gasteiger partial charge in [-0.1, -0.05) is 23.7 Å². The number of carbonyl (C=O) groups excluding carboxylic acids is 2. The summed E-state index contributed by atoms with van der Waals surface area (Å²) >= 11 is 6.14. The zero-order chi connectivity index (χ0) is 25.6. The second-order valence-electron chi connectivity index (χ2n) is 8.95. The number of dihydropyridines is 1. The van der Waals surface area contributed by atoms with Gasteiger partial charge in [0.2, 0.25) is 0 Å². The maximum atomic E-state index is 13.7. The monoisotopic (exact) mass is 505 g/mol. The molecule has 0 saturated carbocycles. The Balaban J connectivity index is 1.67. The largest absolute Gasteiger partial charge is 0.497 e. The minimum atomic E-state index is -0.924. The fourth-order valence-corrected chi connectivity index (χ4v) is 5.35. The quantitative estimate of drug-likeness (QED) is 0.499. The second kappa shape index (κ2) is 9.32. The molecule has 2 atom stereocenters. The van der Waals surface area contributed by atoms with Gasteiger partial charge in [-0.3, -0.25) is 9.59 Å². The van der Waals surface area contributed by atoms with Crippen molar-refractivity contribution < 1.29 is 23.5 Å². The third-order valence-corrected chi connectivity index (χ3v) is 7.11. The number of Topliss-reactive ketones (excluding diaryl/α,β-unsaturated/α-hetero) is 1. The highest BCUT2D eigenvalue weighted by Crippen LogP contribution is 2.45. The van der Waals surface area contributed by atoms with Gasteiger partial charge in [-0.15, -0.1) is 0 Å². The van der Waals surface area contributed by atoms with E-state index in [1.165, 1.54) is 19.4 Å². The number of hydrogen-bond acceptors (Lipinski definition) is 7. The number of nitrogens with one attached hydrogen (secondary N) is 1. The standard InChI is InChI=1S/C28H24ClNO6/c1-14-24(28(33)35-3)25(20-13-36-23-8-7-17(29)12-19(23)27(20)32)26-21(30-14)10-16(11-22(26)31)15-5-4-6-18(9-15)34-2/h4-9,12-13,16,25,30H,10-11H2,1-3H3. The first kappa shape index (κ1) is 23.9. The number of hydrogen-bond donors (Lipinski definition) is 1. The van der Waals surface area contributed by atoms with Gasteiger partial charge >= 0.3 is 5.97 Å². The van der Waals surface area contributed by atoms with Crippen molar-refractivity contribution in [3.8, 4) is 5.75 Å². The van der Waals surface area contributed by atoms with Crippen LogP contribution < -0.4 is 15.5 Å². The summed E-state index contributed by atoms with van der Waals surface area (Å²) in [6.07, 6.45) is 2.08. The molecule has 0 bridgehead atoms. The van der Waals surface area contributed by atoms with E-state index in [0.717, 1.165) is 5.56 Å². The molecule has 0 fully saturated rings. The Bertz CT molecular complexity index is 1530. The number of halogens is 1. The van der Waals surface area contributed by atoms with Crippen LogP contribution in [-0.4, -0.2) is 26.0 Å². The minimum absolute atomic E-state index is 0.0844. The van der Waals surface area contributed by atoms with Crippen LogP contribution >= 0.6 is 11.6 Å². The average Bonchev–Trinajstić information content (AvgIpc) is 2.88. The molecule has 0 radical (unpaired) electrons. The Morgan fingerprint density at radius 2 is 1.92 bits per heavy atom. The predicted molar refractivity (Wildman–Crippen MR) is 135 cm³/mol. The lowest BCUT2D eigenvalue weighted by atomic mass is 9.72. The summed E-state index contributed by atoms with van der Waals surface area (Å²) in [4.78, 5) is 40.2. The van der Waals surface area contributed by atoms with E-state index in [4.69, 9.17) is 25.5 Å².